The largest absolute Gasteiger partial charge is 0.354 e. The minimum absolute atomic E-state index is 0.0240. The number of nitrogens with one attached hydrogen (secondary N) is 2. The van der Waals surface area contributed by atoms with E-state index in [9.17, 15) is 9.59 Å². The standard InChI is InChI=1S/C25H26N4O2/c26-23(16-28-25(31)22-7-3-5-17-4-1-2-6-21(17)22)18-8-10-19(11-9-18)24(30)29-20-12-14-27-15-13-20/h1-2,4,6,8-15,22-23H,3,5,7,16,26H2,(H,28,31)(H,27,29,30)/t22-,23-/m0/s1. The second kappa shape index (κ2) is 9.53. The summed E-state index contributed by atoms with van der Waals surface area (Å²) in [7, 11) is 0. The molecule has 0 saturated heterocycles. The van der Waals surface area contributed by atoms with Gasteiger partial charge in [-0.15, -0.1) is 0 Å². The number of amides is 2. The highest BCUT2D eigenvalue weighted by Crippen LogP contribution is 2.31. The van der Waals surface area contributed by atoms with E-state index in [2.05, 4.69) is 21.7 Å². The summed E-state index contributed by atoms with van der Waals surface area (Å²) < 4.78 is 0. The first kappa shape index (κ1) is 20.8. The molecule has 0 unspecified atom stereocenters. The molecule has 4 rings (SSSR count). The third kappa shape index (κ3) is 4.98. The molecule has 1 aliphatic carbocycles. The van der Waals surface area contributed by atoms with Gasteiger partial charge < -0.3 is 16.4 Å². The molecule has 2 amide bonds. The fraction of sp³-hybridized carbons (Fsp3) is 0.240. The number of hydrogen-bond acceptors (Lipinski definition) is 4. The van der Waals surface area contributed by atoms with Crippen molar-refractivity contribution in [1.29, 1.82) is 0 Å². The summed E-state index contributed by atoms with van der Waals surface area (Å²) in [5, 5.41) is 5.84. The van der Waals surface area contributed by atoms with Gasteiger partial charge in [-0.2, -0.15) is 0 Å². The molecule has 0 aliphatic heterocycles. The van der Waals surface area contributed by atoms with Gasteiger partial charge in [0.1, 0.15) is 0 Å². The molecule has 2 atom stereocenters. The molecule has 0 fully saturated rings. The molecule has 2 aromatic carbocycles. The average molecular weight is 415 g/mol. The van der Waals surface area contributed by atoms with Crippen LogP contribution >= 0.6 is 0 Å². The Morgan fingerprint density at radius 1 is 1.03 bits per heavy atom. The summed E-state index contributed by atoms with van der Waals surface area (Å²) in [6.45, 7) is 0.347. The fourth-order valence-corrected chi connectivity index (χ4v) is 4.00. The highest BCUT2D eigenvalue weighted by Gasteiger charge is 2.26. The Labute approximate surface area is 181 Å². The topological polar surface area (TPSA) is 97.1 Å². The van der Waals surface area contributed by atoms with Crippen LogP contribution in [0.1, 0.15) is 51.8 Å². The van der Waals surface area contributed by atoms with Crippen LogP contribution < -0.4 is 16.4 Å². The van der Waals surface area contributed by atoms with Crippen LogP contribution in [0.15, 0.2) is 73.1 Å². The van der Waals surface area contributed by atoms with E-state index in [1.54, 1.807) is 36.7 Å². The molecular formula is C25H26N4O2. The molecule has 0 saturated carbocycles. The van der Waals surface area contributed by atoms with E-state index in [1.807, 2.05) is 30.3 Å². The molecule has 1 aromatic heterocycles. The summed E-state index contributed by atoms with van der Waals surface area (Å²) in [4.78, 5) is 29.1. The van der Waals surface area contributed by atoms with Gasteiger partial charge >= 0.3 is 0 Å². The molecule has 6 nitrogen and oxygen atoms in total. The lowest BCUT2D eigenvalue weighted by molar-refractivity contribution is -0.122. The van der Waals surface area contributed by atoms with Gasteiger partial charge in [-0.25, -0.2) is 0 Å². The predicted octanol–water partition coefficient (Wildman–Crippen LogP) is 3.57. The number of nitrogens with two attached hydrogens (primary N) is 1. The van der Waals surface area contributed by atoms with Crippen molar-refractivity contribution in [3.8, 4) is 0 Å². The van der Waals surface area contributed by atoms with Crippen molar-refractivity contribution in [3.05, 3.63) is 95.3 Å². The summed E-state index contributed by atoms with van der Waals surface area (Å²) in [6, 6.07) is 18.4. The molecule has 31 heavy (non-hydrogen) atoms. The SMILES string of the molecule is N[C@@H](CNC(=O)[C@H]1CCCc2ccccc21)c1ccc(C(=O)Nc2ccncc2)cc1. The van der Waals surface area contributed by atoms with Crippen LogP contribution in [0.25, 0.3) is 0 Å². The highest BCUT2D eigenvalue weighted by atomic mass is 16.2. The number of pyridine rings is 1. The summed E-state index contributed by atoms with van der Waals surface area (Å²) in [5.41, 5.74) is 10.8. The zero-order chi connectivity index (χ0) is 21.6. The summed E-state index contributed by atoms with van der Waals surface area (Å²) >= 11 is 0. The maximum absolute atomic E-state index is 12.8. The molecule has 6 heteroatoms. The van der Waals surface area contributed by atoms with Gasteiger partial charge in [-0.05, 0) is 60.2 Å². The number of anilines is 1. The number of fused-ring (bicyclic) bond motifs is 1. The minimum atomic E-state index is -0.347. The number of aromatic nitrogens is 1. The molecule has 3 aromatic rings. The Kier molecular flexibility index (Phi) is 6.38. The fourth-order valence-electron chi connectivity index (χ4n) is 4.00. The number of aryl methyl sites for hydroxylation is 1. The maximum atomic E-state index is 12.8. The van der Waals surface area contributed by atoms with Gasteiger partial charge in [0.15, 0.2) is 0 Å². The first-order chi connectivity index (χ1) is 15.1. The first-order valence-electron chi connectivity index (χ1n) is 10.5. The lowest BCUT2D eigenvalue weighted by Gasteiger charge is -2.25. The number of benzene rings is 2. The van der Waals surface area contributed by atoms with Gasteiger partial charge in [-0.3, -0.25) is 14.6 Å². The summed E-state index contributed by atoms with van der Waals surface area (Å²) in [5.74, 6) is -0.289. The Morgan fingerprint density at radius 3 is 2.55 bits per heavy atom. The van der Waals surface area contributed by atoms with E-state index >= 15 is 0 Å². The van der Waals surface area contributed by atoms with Gasteiger partial charge in [0.25, 0.3) is 5.91 Å². The number of nitrogens with zero attached hydrogens (tertiary/aromatic N) is 1. The average Bonchev–Trinajstić information content (AvgIpc) is 2.82. The smallest absolute Gasteiger partial charge is 0.255 e. The quantitative estimate of drug-likeness (QED) is 0.574. The number of carbonyl (C=O) groups is 2. The van der Waals surface area contributed by atoms with E-state index in [-0.39, 0.29) is 23.8 Å². The molecule has 158 valence electrons. The highest BCUT2D eigenvalue weighted by molar-refractivity contribution is 6.04. The second-order valence-corrected chi connectivity index (χ2v) is 7.81. The van der Waals surface area contributed by atoms with E-state index < -0.39 is 0 Å². The molecule has 0 spiro atoms. The van der Waals surface area contributed by atoms with Crippen molar-refractivity contribution in [2.24, 2.45) is 5.73 Å². The molecule has 0 radical (unpaired) electrons. The molecule has 1 aliphatic rings. The van der Waals surface area contributed by atoms with Crippen molar-refractivity contribution >= 4 is 17.5 Å². The van der Waals surface area contributed by atoms with Crippen molar-refractivity contribution < 1.29 is 9.59 Å². The van der Waals surface area contributed by atoms with Crippen molar-refractivity contribution in [1.82, 2.24) is 10.3 Å². The van der Waals surface area contributed by atoms with Gasteiger partial charge in [0, 0.05) is 36.2 Å². The van der Waals surface area contributed by atoms with E-state index in [0.717, 1.165) is 30.4 Å². The number of carbonyl (C=O) groups excluding carboxylic acids is 2. The maximum Gasteiger partial charge on any atom is 0.255 e. The minimum Gasteiger partial charge on any atom is -0.354 e. The van der Waals surface area contributed by atoms with Crippen molar-refractivity contribution in [2.75, 3.05) is 11.9 Å². The third-order valence-electron chi connectivity index (χ3n) is 5.72. The predicted molar refractivity (Wildman–Crippen MR) is 121 cm³/mol. The third-order valence-corrected chi connectivity index (χ3v) is 5.72. The Balaban J connectivity index is 1.33. The number of hydrogen-bond donors (Lipinski definition) is 3. The van der Waals surface area contributed by atoms with Gasteiger partial charge in [-0.1, -0.05) is 36.4 Å². The lowest BCUT2D eigenvalue weighted by atomic mass is 9.82. The van der Waals surface area contributed by atoms with Gasteiger partial charge in [0.2, 0.25) is 5.91 Å². The molecule has 4 N–H and O–H groups in total. The molecular weight excluding hydrogens is 388 g/mol. The Bertz CT molecular complexity index is 1050. The van der Waals surface area contributed by atoms with E-state index in [1.165, 1.54) is 5.56 Å². The summed E-state index contributed by atoms with van der Waals surface area (Å²) in [6.07, 6.45) is 6.15. The lowest BCUT2D eigenvalue weighted by Crippen LogP contribution is -2.36. The first-order valence-corrected chi connectivity index (χ1v) is 10.5. The van der Waals surface area contributed by atoms with Crippen LogP contribution in [-0.2, 0) is 11.2 Å². The zero-order valence-electron chi connectivity index (χ0n) is 17.3. The Hall–Kier alpha value is -3.51. The van der Waals surface area contributed by atoms with Gasteiger partial charge in [0.05, 0.1) is 5.92 Å². The van der Waals surface area contributed by atoms with Crippen LogP contribution in [-0.4, -0.2) is 23.3 Å². The van der Waals surface area contributed by atoms with Crippen molar-refractivity contribution in [3.63, 3.8) is 0 Å². The van der Waals surface area contributed by atoms with Crippen LogP contribution in [0.5, 0.6) is 0 Å². The van der Waals surface area contributed by atoms with Crippen LogP contribution in [0.2, 0.25) is 0 Å². The van der Waals surface area contributed by atoms with Crippen LogP contribution in [0.4, 0.5) is 5.69 Å². The van der Waals surface area contributed by atoms with E-state index in [0.29, 0.717) is 17.8 Å². The second-order valence-electron chi connectivity index (χ2n) is 7.81. The van der Waals surface area contributed by atoms with Crippen LogP contribution in [0.3, 0.4) is 0 Å². The van der Waals surface area contributed by atoms with Crippen LogP contribution in [0, 0.1) is 0 Å². The van der Waals surface area contributed by atoms with Crippen molar-refractivity contribution in [2.45, 2.75) is 31.2 Å². The Morgan fingerprint density at radius 2 is 1.77 bits per heavy atom. The zero-order valence-corrected chi connectivity index (χ0v) is 17.3. The number of rotatable bonds is 6. The molecule has 1 heterocycles. The monoisotopic (exact) mass is 414 g/mol. The van der Waals surface area contributed by atoms with E-state index in [4.69, 9.17) is 5.73 Å². The molecule has 0 bridgehead atoms. The normalized spacial score (nSPS) is 16.1.